The van der Waals surface area contributed by atoms with Gasteiger partial charge in [0.05, 0.1) is 0 Å². The third kappa shape index (κ3) is 3.70. The Hall–Kier alpha value is -0.860. The first-order valence-corrected chi connectivity index (χ1v) is 2.91. The third-order valence-corrected chi connectivity index (χ3v) is 1.13. The van der Waals surface area contributed by atoms with Crippen LogP contribution in [0.5, 0.6) is 0 Å². The average molecular weight is 128 g/mol. The summed E-state index contributed by atoms with van der Waals surface area (Å²) in [4.78, 5) is 9.71. The highest BCUT2D eigenvalue weighted by Crippen LogP contribution is 1.93. The lowest BCUT2D eigenvalue weighted by atomic mass is 10.1. The second-order valence-corrected chi connectivity index (χ2v) is 2.15. The van der Waals surface area contributed by atoms with Crippen LogP contribution in [-0.4, -0.2) is 12.1 Å². The summed E-state index contributed by atoms with van der Waals surface area (Å²) in [7, 11) is 0. The molecule has 3 nitrogen and oxygen atoms in total. The van der Waals surface area contributed by atoms with Crippen molar-refractivity contribution in [3.8, 4) is 0 Å². The van der Waals surface area contributed by atoms with Gasteiger partial charge in [0.15, 0.2) is 0 Å². The van der Waals surface area contributed by atoms with E-state index in [-0.39, 0.29) is 0 Å². The first-order chi connectivity index (χ1) is 4.18. The van der Waals surface area contributed by atoms with Crippen molar-refractivity contribution in [2.75, 3.05) is 0 Å². The summed E-state index contributed by atoms with van der Waals surface area (Å²) in [6.45, 7) is 5.91. The minimum Gasteiger partial charge on any atom is -0.277 e. The Bertz CT molecular complexity index is 118. The molecule has 0 unspecified atom stereocenters. The number of rotatable bonds is 3. The summed E-state index contributed by atoms with van der Waals surface area (Å²) >= 11 is 0. The Morgan fingerprint density at radius 1 is 1.67 bits per heavy atom. The van der Waals surface area contributed by atoms with Gasteiger partial charge in [0.25, 0.3) is 0 Å². The maximum atomic E-state index is 9.71. The highest BCUT2D eigenvalue weighted by Gasteiger charge is 1.95. The molecule has 0 saturated heterocycles. The lowest BCUT2D eigenvalue weighted by Crippen LogP contribution is -2.09. The molecule has 0 heterocycles. The Morgan fingerprint density at radius 3 is 2.56 bits per heavy atom. The summed E-state index contributed by atoms with van der Waals surface area (Å²) in [5.74, 6) is 0.400. The summed E-state index contributed by atoms with van der Waals surface area (Å²) in [6.07, 6.45) is 0.561. The SMILES string of the molecule is C/C(=N/NC=O)C(C)C. The number of hydrazone groups is 1. The van der Waals surface area contributed by atoms with Crippen molar-refractivity contribution in [1.82, 2.24) is 5.43 Å². The van der Waals surface area contributed by atoms with Crippen molar-refractivity contribution in [2.24, 2.45) is 11.0 Å². The number of hydrogen-bond donors (Lipinski definition) is 1. The van der Waals surface area contributed by atoms with E-state index in [2.05, 4.69) is 10.5 Å². The largest absolute Gasteiger partial charge is 0.277 e. The molecule has 9 heavy (non-hydrogen) atoms. The van der Waals surface area contributed by atoms with E-state index >= 15 is 0 Å². The van der Waals surface area contributed by atoms with E-state index in [4.69, 9.17) is 0 Å². The fourth-order valence-corrected chi connectivity index (χ4v) is 0.257. The van der Waals surface area contributed by atoms with Gasteiger partial charge in [-0.15, -0.1) is 0 Å². The molecule has 3 heteroatoms. The van der Waals surface area contributed by atoms with Crippen LogP contribution in [0, 0.1) is 5.92 Å². The van der Waals surface area contributed by atoms with E-state index in [1.54, 1.807) is 0 Å². The summed E-state index contributed by atoms with van der Waals surface area (Å²) in [5, 5.41) is 3.74. The smallest absolute Gasteiger partial charge is 0.227 e. The van der Waals surface area contributed by atoms with Gasteiger partial charge in [0.2, 0.25) is 6.41 Å². The van der Waals surface area contributed by atoms with Crippen molar-refractivity contribution in [3.05, 3.63) is 0 Å². The Labute approximate surface area is 55.1 Å². The van der Waals surface area contributed by atoms with Gasteiger partial charge in [-0.2, -0.15) is 5.10 Å². The van der Waals surface area contributed by atoms with Crippen LogP contribution < -0.4 is 5.43 Å². The van der Waals surface area contributed by atoms with E-state index in [0.717, 1.165) is 5.71 Å². The zero-order valence-corrected chi connectivity index (χ0v) is 6.01. The second-order valence-electron chi connectivity index (χ2n) is 2.15. The van der Waals surface area contributed by atoms with Crippen molar-refractivity contribution in [3.63, 3.8) is 0 Å². The van der Waals surface area contributed by atoms with Crippen molar-refractivity contribution in [2.45, 2.75) is 20.8 Å². The number of carbonyl (C=O) groups excluding carboxylic acids is 1. The monoisotopic (exact) mass is 128 g/mol. The summed E-state index contributed by atoms with van der Waals surface area (Å²) < 4.78 is 0. The molecule has 0 atom stereocenters. The molecule has 0 aliphatic carbocycles. The quantitative estimate of drug-likeness (QED) is 0.340. The Balaban J connectivity index is 3.68. The zero-order chi connectivity index (χ0) is 7.28. The van der Waals surface area contributed by atoms with Crippen molar-refractivity contribution < 1.29 is 4.79 Å². The maximum Gasteiger partial charge on any atom is 0.227 e. The lowest BCUT2D eigenvalue weighted by Gasteiger charge is -2.00. The van der Waals surface area contributed by atoms with E-state index in [1.807, 2.05) is 20.8 Å². The molecule has 52 valence electrons. The molecule has 0 aliphatic rings. The number of nitrogens with one attached hydrogen (secondary N) is 1. The first-order valence-electron chi connectivity index (χ1n) is 2.91. The highest BCUT2D eigenvalue weighted by molar-refractivity contribution is 5.83. The van der Waals surface area contributed by atoms with Gasteiger partial charge in [0.1, 0.15) is 0 Å². The normalized spacial score (nSPS) is 11.8. The van der Waals surface area contributed by atoms with E-state index in [1.165, 1.54) is 0 Å². The summed E-state index contributed by atoms with van der Waals surface area (Å²) in [6, 6.07) is 0. The molecule has 0 saturated carbocycles. The van der Waals surface area contributed by atoms with Gasteiger partial charge in [-0.3, -0.25) is 4.79 Å². The van der Waals surface area contributed by atoms with Crippen LogP contribution in [-0.2, 0) is 4.79 Å². The van der Waals surface area contributed by atoms with Gasteiger partial charge in [-0.25, -0.2) is 5.43 Å². The number of carbonyl (C=O) groups is 1. The van der Waals surface area contributed by atoms with E-state index in [0.29, 0.717) is 12.3 Å². The van der Waals surface area contributed by atoms with Crippen LogP contribution in [0.15, 0.2) is 5.10 Å². The number of nitrogens with zero attached hydrogens (tertiary/aromatic N) is 1. The standard InChI is InChI=1S/C6H12N2O/c1-5(2)6(3)8-7-4-9/h4-5H,1-3H3,(H,7,9)/b8-6-. The zero-order valence-electron chi connectivity index (χ0n) is 6.01. The Kier molecular flexibility index (Phi) is 3.67. The van der Waals surface area contributed by atoms with Gasteiger partial charge in [-0.1, -0.05) is 13.8 Å². The van der Waals surface area contributed by atoms with Crippen LogP contribution in [0.2, 0.25) is 0 Å². The fourth-order valence-electron chi connectivity index (χ4n) is 0.257. The van der Waals surface area contributed by atoms with Gasteiger partial charge < -0.3 is 0 Å². The topological polar surface area (TPSA) is 41.5 Å². The van der Waals surface area contributed by atoms with E-state index in [9.17, 15) is 4.79 Å². The average Bonchev–Trinajstić information content (AvgIpc) is 1.82. The molecule has 0 fully saturated rings. The molecule has 0 spiro atoms. The van der Waals surface area contributed by atoms with Crippen LogP contribution in [0.25, 0.3) is 0 Å². The number of hydrogen-bond acceptors (Lipinski definition) is 2. The summed E-state index contributed by atoms with van der Waals surface area (Å²) in [5.41, 5.74) is 3.17. The first kappa shape index (κ1) is 8.14. The van der Waals surface area contributed by atoms with Gasteiger partial charge in [-0.05, 0) is 12.8 Å². The lowest BCUT2D eigenvalue weighted by molar-refractivity contribution is -0.109. The van der Waals surface area contributed by atoms with Crippen molar-refractivity contribution >= 4 is 12.1 Å². The molecule has 0 aromatic rings. The second kappa shape index (κ2) is 4.06. The van der Waals surface area contributed by atoms with Crippen LogP contribution >= 0.6 is 0 Å². The molecule has 0 radical (unpaired) electrons. The minimum absolute atomic E-state index is 0.400. The molecule has 0 aromatic carbocycles. The molecule has 1 amide bonds. The molecular formula is C6H12N2O. The maximum absolute atomic E-state index is 9.71. The number of amides is 1. The van der Waals surface area contributed by atoms with Crippen LogP contribution in [0.1, 0.15) is 20.8 Å². The van der Waals surface area contributed by atoms with Crippen LogP contribution in [0.3, 0.4) is 0 Å². The van der Waals surface area contributed by atoms with Crippen molar-refractivity contribution in [1.29, 1.82) is 0 Å². The van der Waals surface area contributed by atoms with Gasteiger partial charge in [0, 0.05) is 5.71 Å². The molecule has 0 aromatic heterocycles. The fraction of sp³-hybridized carbons (Fsp3) is 0.667. The minimum atomic E-state index is 0.400. The van der Waals surface area contributed by atoms with E-state index < -0.39 is 0 Å². The highest BCUT2D eigenvalue weighted by atomic mass is 16.1. The molecular weight excluding hydrogens is 116 g/mol. The molecule has 1 N–H and O–H groups in total. The Morgan fingerprint density at radius 2 is 2.22 bits per heavy atom. The third-order valence-electron chi connectivity index (χ3n) is 1.13. The molecule has 0 bridgehead atoms. The molecule has 0 aliphatic heterocycles. The molecule has 0 rings (SSSR count). The van der Waals surface area contributed by atoms with Crippen LogP contribution in [0.4, 0.5) is 0 Å². The van der Waals surface area contributed by atoms with Gasteiger partial charge >= 0.3 is 0 Å². The predicted octanol–water partition coefficient (Wildman–Crippen LogP) is 0.764. The predicted molar refractivity (Wildman–Crippen MR) is 37.1 cm³/mol.